The minimum absolute atomic E-state index is 0. The summed E-state index contributed by atoms with van der Waals surface area (Å²) in [5, 5.41) is 2.36. The van der Waals surface area contributed by atoms with Crippen molar-refractivity contribution in [3.05, 3.63) is 69.6 Å². The standard InChI is InChI=1S/C34H47N5O6.ClH/c1-23(27(35)16-18-30(36)40)45-22-25-14-12-24(13-15-25)8-7-21-44-20-5-3-4-9-26-10-6-11-28-32(26)38(2)34(43)39(28)29-17-19-31(41)37-33(29)42;/h6,10-15,23,27,29H,3-5,7-9,16-22,35H2,1-2H3,(H2,36,40)(H,37,41,42);1H/t23-,27+,29?;/m1./s1. The maximum atomic E-state index is 13.1. The molecule has 0 saturated carbocycles. The lowest BCUT2D eigenvalue weighted by Gasteiger charge is -2.21. The van der Waals surface area contributed by atoms with Crippen LogP contribution in [-0.4, -0.2) is 52.2 Å². The number of amides is 3. The van der Waals surface area contributed by atoms with Crippen LogP contribution < -0.4 is 22.5 Å². The smallest absolute Gasteiger partial charge is 0.329 e. The average Bonchev–Trinajstić information content (AvgIpc) is 3.28. The zero-order chi connectivity index (χ0) is 32.3. The van der Waals surface area contributed by atoms with Crippen LogP contribution in [0.4, 0.5) is 0 Å². The van der Waals surface area contributed by atoms with Crippen LogP contribution in [0.15, 0.2) is 47.3 Å². The molecule has 12 heteroatoms. The fourth-order valence-corrected chi connectivity index (χ4v) is 5.82. The van der Waals surface area contributed by atoms with Gasteiger partial charge >= 0.3 is 5.69 Å². The second-order valence-corrected chi connectivity index (χ2v) is 12.0. The Morgan fingerprint density at radius 1 is 1.00 bits per heavy atom. The highest BCUT2D eigenvalue weighted by molar-refractivity contribution is 6.00. The highest BCUT2D eigenvalue weighted by atomic mass is 35.5. The number of fused-ring (bicyclic) bond motifs is 1. The van der Waals surface area contributed by atoms with Crippen LogP contribution in [0, 0.1) is 0 Å². The molecule has 1 saturated heterocycles. The molecule has 1 aliphatic heterocycles. The van der Waals surface area contributed by atoms with E-state index in [-0.39, 0.29) is 54.9 Å². The lowest BCUT2D eigenvalue weighted by molar-refractivity contribution is -0.135. The van der Waals surface area contributed by atoms with E-state index in [2.05, 4.69) is 29.6 Å². The number of primary amides is 1. The van der Waals surface area contributed by atoms with Crippen molar-refractivity contribution >= 4 is 41.2 Å². The third kappa shape index (κ3) is 9.99. The Morgan fingerprint density at radius 3 is 2.43 bits per heavy atom. The van der Waals surface area contributed by atoms with Crippen molar-refractivity contribution in [2.45, 2.75) is 95.9 Å². The first-order chi connectivity index (χ1) is 21.7. The highest BCUT2D eigenvalue weighted by Gasteiger charge is 2.31. The van der Waals surface area contributed by atoms with Crippen molar-refractivity contribution < 1.29 is 23.9 Å². The van der Waals surface area contributed by atoms with Gasteiger partial charge in [-0.1, -0.05) is 42.8 Å². The molecule has 252 valence electrons. The van der Waals surface area contributed by atoms with E-state index < -0.39 is 11.9 Å². The molecule has 5 N–H and O–H groups in total. The number of imide groups is 1. The van der Waals surface area contributed by atoms with Gasteiger partial charge < -0.3 is 20.9 Å². The zero-order valence-corrected chi connectivity index (χ0v) is 27.7. The fraction of sp³-hybridized carbons (Fsp3) is 0.529. The van der Waals surface area contributed by atoms with Gasteiger partial charge in [0, 0.05) is 39.1 Å². The van der Waals surface area contributed by atoms with Crippen LogP contribution >= 0.6 is 12.4 Å². The van der Waals surface area contributed by atoms with Crippen LogP contribution in [0.5, 0.6) is 0 Å². The number of nitrogens with zero attached hydrogens (tertiary/aromatic N) is 2. The first-order valence-corrected chi connectivity index (χ1v) is 16.0. The number of unbranched alkanes of at least 4 members (excludes halogenated alkanes) is 2. The van der Waals surface area contributed by atoms with E-state index in [1.54, 1.807) is 11.6 Å². The van der Waals surface area contributed by atoms with E-state index in [0.29, 0.717) is 32.7 Å². The number of hydrogen-bond donors (Lipinski definition) is 3. The number of nitrogens with two attached hydrogens (primary N) is 2. The Morgan fingerprint density at radius 2 is 1.72 bits per heavy atom. The Balaban J connectivity index is 0.00000576. The van der Waals surface area contributed by atoms with E-state index in [9.17, 15) is 19.2 Å². The van der Waals surface area contributed by atoms with Crippen molar-refractivity contribution in [2.24, 2.45) is 18.5 Å². The van der Waals surface area contributed by atoms with Gasteiger partial charge in [0.2, 0.25) is 17.7 Å². The summed E-state index contributed by atoms with van der Waals surface area (Å²) in [6.45, 7) is 3.80. The first-order valence-electron chi connectivity index (χ1n) is 16.0. The number of aromatic nitrogens is 2. The topological polar surface area (TPSA) is 161 Å². The van der Waals surface area contributed by atoms with E-state index in [0.717, 1.165) is 60.7 Å². The third-order valence-electron chi connectivity index (χ3n) is 8.56. The minimum atomic E-state index is -0.675. The second-order valence-electron chi connectivity index (χ2n) is 12.0. The summed E-state index contributed by atoms with van der Waals surface area (Å²) in [5.74, 6) is -1.06. The van der Waals surface area contributed by atoms with E-state index >= 15 is 0 Å². The number of nitrogens with one attached hydrogen (secondary N) is 1. The molecule has 0 spiro atoms. The molecule has 2 heterocycles. The van der Waals surface area contributed by atoms with Crippen LogP contribution in [0.1, 0.15) is 81.0 Å². The monoisotopic (exact) mass is 657 g/mol. The summed E-state index contributed by atoms with van der Waals surface area (Å²) in [6, 6.07) is 13.3. The summed E-state index contributed by atoms with van der Waals surface area (Å²) in [4.78, 5) is 48.1. The Bertz CT molecular complexity index is 1520. The Kier molecular flexibility index (Phi) is 14.5. The van der Waals surface area contributed by atoms with Crippen LogP contribution in [0.2, 0.25) is 0 Å². The number of halogens is 1. The number of para-hydroxylation sites is 1. The number of benzene rings is 2. The fourth-order valence-electron chi connectivity index (χ4n) is 5.82. The third-order valence-corrected chi connectivity index (χ3v) is 8.56. The van der Waals surface area contributed by atoms with Gasteiger partial charge in [0.25, 0.3) is 0 Å². The quantitative estimate of drug-likeness (QED) is 0.139. The molecule has 4 rings (SSSR count). The molecule has 1 aromatic heterocycles. The molecular formula is C34H48ClN5O6. The largest absolute Gasteiger partial charge is 0.381 e. The lowest BCUT2D eigenvalue weighted by atomic mass is 10.0. The van der Waals surface area contributed by atoms with E-state index in [1.807, 2.05) is 25.1 Å². The average molecular weight is 658 g/mol. The molecule has 0 aliphatic carbocycles. The summed E-state index contributed by atoms with van der Waals surface area (Å²) >= 11 is 0. The van der Waals surface area contributed by atoms with Crippen molar-refractivity contribution in [1.82, 2.24) is 14.5 Å². The molecule has 3 aromatic rings. The van der Waals surface area contributed by atoms with Gasteiger partial charge in [0.1, 0.15) is 6.04 Å². The van der Waals surface area contributed by atoms with Gasteiger partial charge in [0.15, 0.2) is 0 Å². The number of ether oxygens (including phenoxy) is 2. The van der Waals surface area contributed by atoms with Crippen LogP contribution in [0.25, 0.3) is 11.0 Å². The minimum Gasteiger partial charge on any atom is -0.381 e. The summed E-state index contributed by atoms with van der Waals surface area (Å²) in [7, 11) is 1.74. The molecule has 1 aliphatic rings. The zero-order valence-electron chi connectivity index (χ0n) is 26.9. The molecule has 46 heavy (non-hydrogen) atoms. The number of rotatable bonds is 18. The second kappa shape index (κ2) is 18.0. The summed E-state index contributed by atoms with van der Waals surface area (Å²) in [5.41, 5.74) is 16.0. The van der Waals surface area contributed by atoms with Gasteiger partial charge in [-0.15, -0.1) is 12.4 Å². The molecule has 1 unspecified atom stereocenters. The Hall–Kier alpha value is -3.51. The first kappa shape index (κ1) is 37.0. The van der Waals surface area contributed by atoms with Crippen molar-refractivity contribution in [1.29, 1.82) is 0 Å². The number of imidazole rings is 1. The molecular weight excluding hydrogens is 610 g/mol. The molecule has 11 nitrogen and oxygen atoms in total. The summed E-state index contributed by atoms with van der Waals surface area (Å²) < 4.78 is 14.9. The van der Waals surface area contributed by atoms with Crippen LogP contribution in [-0.2, 0) is 50.4 Å². The maximum absolute atomic E-state index is 13.1. The van der Waals surface area contributed by atoms with E-state index in [1.165, 1.54) is 10.1 Å². The van der Waals surface area contributed by atoms with Gasteiger partial charge in [-0.25, -0.2) is 4.79 Å². The van der Waals surface area contributed by atoms with Gasteiger partial charge in [-0.3, -0.25) is 28.8 Å². The van der Waals surface area contributed by atoms with Crippen molar-refractivity contribution in [3.8, 4) is 0 Å². The molecule has 2 aromatic carbocycles. The summed E-state index contributed by atoms with van der Waals surface area (Å²) in [6.07, 6.45) is 6.83. The van der Waals surface area contributed by atoms with Gasteiger partial charge in [-0.2, -0.15) is 0 Å². The normalized spacial score (nSPS) is 16.2. The molecule has 0 radical (unpaired) electrons. The molecule has 1 fully saturated rings. The molecule has 3 atom stereocenters. The lowest BCUT2D eigenvalue weighted by Crippen LogP contribution is -2.44. The van der Waals surface area contributed by atoms with Gasteiger partial charge in [-0.05, 0) is 74.6 Å². The predicted molar refractivity (Wildman–Crippen MR) is 180 cm³/mol. The van der Waals surface area contributed by atoms with Crippen molar-refractivity contribution in [3.63, 3.8) is 0 Å². The number of piperidine rings is 1. The molecule has 3 amide bonds. The van der Waals surface area contributed by atoms with Gasteiger partial charge in [0.05, 0.1) is 23.7 Å². The number of aryl methyl sites for hydroxylation is 3. The number of carbonyl (C=O) groups excluding carboxylic acids is 3. The Labute approximate surface area is 276 Å². The number of carbonyl (C=O) groups is 3. The highest BCUT2D eigenvalue weighted by Crippen LogP contribution is 2.26. The SMILES string of the molecule is C[C@@H](OCc1ccc(CCCOCCCCCc2cccc3c2n(C)c(=O)n3C2CCC(=O)NC2=O)cc1)[C@@H](N)CCC(N)=O.Cl. The van der Waals surface area contributed by atoms with Crippen molar-refractivity contribution in [2.75, 3.05) is 13.2 Å². The maximum Gasteiger partial charge on any atom is 0.329 e. The molecule has 0 bridgehead atoms. The predicted octanol–water partition coefficient (Wildman–Crippen LogP) is 3.60. The number of hydrogen-bond acceptors (Lipinski definition) is 7. The van der Waals surface area contributed by atoms with E-state index in [4.69, 9.17) is 20.9 Å². The van der Waals surface area contributed by atoms with Crippen LogP contribution in [0.3, 0.4) is 0 Å².